The number of fused-ring (bicyclic) bond motifs is 5. The Bertz CT molecular complexity index is 1700. The summed E-state index contributed by atoms with van der Waals surface area (Å²) in [5.41, 5.74) is 2.99. The zero-order valence-corrected chi connectivity index (χ0v) is 37.9. The first-order valence-electron chi connectivity index (χ1n) is 23.0. The van der Waals surface area contributed by atoms with Crippen LogP contribution in [-0.2, 0) is 50.7 Å². The van der Waals surface area contributed by atoms with Gasteiger partial charge in [0.25, 0.3) is 0 Å². The molecule has 0 radical (unpaired) electrons. The lowest BCUT2D eigenvalue weighted by Gasteiger charge is -2.65. The van der Waals surface area contributed by atoms with Crippen LogP contribution in [0, 0.1) is 57.7 Å². The van der Waals surface area contributed by atoms with E-state index in [0.717, 1.165) is 35.3 Å². The van der Waals surface area contributed by atoms with E-state index in [9.17, 15) is 18.9 Å². The molecular weight excluding hydrogens is 760 g/mol. The van der Waals surface area contributed by atoms with Crippen LogP contribution in [0.3, 0.4) is 0 Å². The van der Waals surface area contributed by atoms with E-state index in [1.54, 1.807) is 0 Å². The highest BCUT2D eigenvalue weighted by molar-refractivity contribution is 7.53. The van der Waals surface area contributed by atoms with Crippen LogP contribution in [0.2, 0.25) is 0 Å². The number of Topliss-reactive ketones (excluding diaryl/α,β-unsaturated/α-hetero) is 1. The Balaban J connectivity index is 0.969. The summed E-state index contributed by atoms with van der Waals surface area (Å²) in [5, 5.41) is 0. The number of rotatable bonds is 20. The number of esters is 2. The van der Waals surface area contributed by atoms with Gasteiger partial charge in [-0.05, 0) is 128 Å². The van der Waals surface area contributed by atoms with Crippen molar-refractivity contribution < 1.29 is 37.5 Å². The molecule has 4 fully saturated rings. The van der Waals surface area contributed by atoms with Crippen molar-refractivity contribution in [3.8, 4) is 0 Å². The molecule has 0 aliphatic heterocycles. The molecule has 326 valence electrons. The largest absolute Gasteiger partial charge is 0.428 e. The smallest absolute Gasteiger partial charge is 0.332 e. The minimum absolute atomic E-state index is 0.0593. The lowest BCUT2D eigenvalue weighted by atomic mass is 9.40. The Morgan fingerprint density at radius 2 is 1.32 bits per heavy atom. The first-order valence-corrected chi connectivity index (χ1v) is 24.7. The van der Waals surface area contributed by atoms with Crippen LogP contribution < -0.4 is 0 Å². The van der Waals surface area contributed by atoms with E-state index in [1.807, 2.05) is 74.5 Å². The van der Waals surface area contributed by atoms with E-state index >= 15 is 0 Å². The first-order chi connectivity index (χ1) is 28.2. The van der Waals surface area contributed by atoms with Gasteiger partial charge in [0.15, 0.2) is 0 Å². The van der Waals surface area contributed by atoms with E-state index in [4.69, 9.17) is 18.5 Å². The average Bonchev–Trinajstić information content (AvgIpc) is 3.60. The lowest BCUT2D eigenvalue weighted by molar-refractivity contribution is -0.167. The van der Waals surface area contributed by atoms with E-state index in [2.05, 4.69) is 27.7 Å². The molecule has 59 heavy (non-hydrogen) atoms. The molecule has 2 aromatic carbocycles. The molecular formula is C50H73O8P. The summed E-state index contributed by atoms with van der Waals surface area (Å²) < 4.78 is 37.0. The highest BCUT2D eigenvalue weighted by atomic mass is 31.2. The third kappa shape index (κ3) is 10.6. The summed E-state index contributed by atoms with van der Waals surface area (Å²) >= 11 is 0. The molecule has 10 atom stereocenters. The quantitative estimate of drug-likeness (QED) is 0.0738. The van der Waals surface area contributed by atoms with Crippen LogP contribution in [0.5, 0.6) is 0 Å². The molecule has 0 spiro atoms. The van der Waals surface area contributed by atoms with Crippen molar-refractivity contribution in [2.24, 2.45) is 57.7 Å². The standard InChI is InChI=1S/C50H73O8P/c1-7-36(2)47(53)40(34-59(54,57-32-38-16-10-8-11-17-38)58-33-39-18-12-9-13-19-39)21-25-46(52)56-35-55-45(51)24-20-37(3)42-22-23-43-41-26-30-48(4)28-14-15-29-50(48,6)44(41)27-31-49(42,43)5/h8-13,16-19,36-37,40-44H,7,14-15,20-35H2,1-6H3/t36?,37-,40?,41?,42?,43?,44?,48?,49?,50?/m1/s1. The number of benzene rings is 2. The fourth-order valence-electron chi connectivity index (χ4n) is 12.6. The van der Waals surface area contributed by atoms with Gasteiger partial charge in [0, 0.05) is 24.7 Å². The van der Waals surface area contributed by atoms with Gasteiger partial charge in [-0.1, -0.05) is 115 Å². The van der Waals surface area contributed by atoms with Crippen LogP contribution in [0.1, 0.15) is 149 Å². The number of hydrogen-bond acceptors (Lipinski definition) is 8. The van der Waals surface area contributed by atoms with E-state index in [0.29, 0.717) is 40.9 Å². The molecule has 0 aromatic heterocycles. The third-order valence-electron chi connectivity index (χ3n) is 16.5. The fourth-order valence-corrected chi connectivity index (χ4v) is 14.4. The maximum absolute atomic E-state index is 14.3. The number of ketones is 1. The van der Waals surface area contributed by atoms with Gasteiger partial charge in [-0.25, -0.2) is 0 Å². The van der Waals surface area contributed by atoms with Crippen LogP contribution in [0.15, 0.2) is 60.7 Å². The van der Waals surface area contributed by atoms with Crippen LogP contribution >= 0.6 is 7.60 Å². The van der Waals surface area contributed by atoms with E-state index in [-0.39, 0.29) is 49.9 Å². The number of hydrogen-bond donors (Lipinski definition) is 0. The van der Waals surface area contributed by atoms with Gasteiger partial charge < -0.3 is 18.5 Å². The molecule has 2 aromatic rings. The molecule has 4 saturated carbocycles. The molecule has 0 N–H and O–H groups in total. The zero-order chi connectivity index (χ0) is 42.3. The Kier molecular flexibility index (Phi) is 15.4. The van der Waals surface area contributed by atoms with Crippen LogP contribution in [0.25, 0.3) is 0 Å². The van der Waals surface area contributed by atoms with Gasteiger partial charge in [-0.3, -0.25) is 18.9 Å². The topological polar surface area (TPSA) is 105 Å². The van der Waals surface area contributed by atoms with Crippen molar-refractivity contribution in [3.05, 3.63) is 71.8 Å². The van der Waals surface area contributed by atoms with Crippen LogP contribution in [0.4, 0.5) is 0 Å². The normalized spacial score (nSPS) is 30.5. The summed E-state index contributed by atoms with van der Waals surface area (Å²) in [4.78, 5) is 39.5. The second kappa shape index (κ2) is 19.9. The van der Waals surface area contributed by atoms with Crippen molar-refractivity contribution in [1.29, 1.82) is 0 Å². The summed E-state index contributed by atoms with van der Waals surface area (Å²) in [5.74, 6) is 1.44. The average molecular weight is 833 g/mol. The Morgan fingerprint density at radius 1 is 0.729 bits per heavy atom. The molecule has 0 amide bonds. The fraction of sp³-hybridized carbons (Fsp3) is 0.700. The molecule has 9 heteroatoms. The van der Waals surface area contributed by atoms with Crippen molar-refractivity contribution >= 4 is 25.3 Å². The second-order valence-electron chi connectivity index (χ2n) is 19.8. The SMILES string of the molecule is CCC(C)C(=O)C(CCC(=O)OCOC(=O)CC[C@@H](C)C1CCC2C3CCC4(C)CCCCC4(C)C3CCC21C)CP(=O)(OCc1ccccc1)OCc1ccccc1. The summed E-state index contributed by atoms with van der Waals surface area (Å²) in [6, 6.07) is 18.8. The lowest BCUT2D eigenvalue weighted by Crippen LogP contribution is -2.56. The van der Waals surface area contributed by atoms with E-state index < -0.39 is 26.3 Å². The van der Waals surface area contributed by atoms with Gasteiger partial charge in [-0.2, -0.15) is 0 Å². The monoisotopic (exact) mass is 833 g/mol. The Labute approximate surface area is 355 Å². The van der Waals surface area contributed by atoms with Crippen molar-refractivity contribution in [2.45, 2.75) is 151 Å². The predicted molar refractivity (Wildman–Crippen MR) is 232 cm³/mol. The number of ether oxygens (including phenoxy) is 2. The number of carbonyl (C=O) groups is 3. The van der Waals surface area contributed by atoms with E-state index in [1.165, 1.54) is 64.2 Å². The molecule has 4 aliphatic rings. The van der Waals surface area contributed by atoms with Crippen molar-refractivity contribution in [2.75, 3.05) is 13.0 Å². The maximum Gasteiger partial charge on any atom is 0.332 e. The molecule has 0 saturated heterocycles. The summed E-state index contributed by atoms with van der Waals surface area (Å²) in [7, 11) is -3.80. The van der Waals surface area contributed by atoms with Gasteiger partial charge in [-0.15, -0.1) is 0 Å². The maximum atomic E-state index is 14.3. The first kappa shape index (κ1) is 45.7. The molecule has 4 aliphatic carbocycles. The third-order valence-corrected chi connectivity index (χ3v) is 18.5. The second-order valence-corrected chi connectivity index (χ2v) is 21.9. The zero-order valence-electron chi connectivity index (χ0n) is 37.0. The minimum atomic E-state index is -3.80. The molecule has 0 bridgehead atoms. The molecule has 0 heterocycles. The highest BCUT2D eigenvalue weighted by Gasteiger charge is 2.62. The Hall–Kier alpha value is -2.80. The van der Waals surface area contributed by atoms with Gasteiger partial charge in [0.2, 0.25) is 6.79 Å². The van der Waals surface area contributed by atoms with Crippen LogP contribution in [-0.4, -0.2) is 30.7 Å². The van der Waals surface area contributed by atoms with Crippen molar-refractivity contribution in [1.82, 2.24) is 0 Å². The number of carbonyl (C=O) groups excluding carboxylic acids is 3. The Morgan fingerprint density at radius 3 is 1.93 bits per heavy atom. The minimum Gasteiger partial charge on any atom is -0.428 e. The molecule has 6 rings (SSSR count). The molecule has 8 nitrogen and oxygen atoms in total. The van der Waals surface area contributed by atoms with Gasteiger partial charge >= 0.3 is 19.5 Å². The van der Waals surface area contributed by atoms with Gasteiger partial charge in [0.05, 0.1) is 19.4 Å². The summed E-state index contributed by atoms with van der Waals surface area (Å²) in [6.45, 7) is 13.6. The highest BCUT2D eigenvalue weighted by Crippen LogP contribution is 2.71. The summed E-state index contributed by atoms with van der Waals surface area (Å²) in [6.07, 6.45) is 15.2. The predicted octanol–water partition coefficient (Wildman–Crippen LogP) is 12.5. The van der Waals surface area contributed by atoms with Gasteiger partial charge in [0.1, 0.15) is 5.78 Å². The molecule has 9 unspecified atom stereocenters. The van der Waals surface area contributed by atoms with Crippen molar-refractivity contribution in [3.63, 3.8) is 0 Å².